The van der Waals surface area contributed by atoms with Gasteiger partial charge in [0.15, 0.2) is 0 Å². The summed E-state index contributed by atoms with van der Waals surface area (Å²) >= 11 is 11.7. The summed E-state index contributed by atoms with van der Waals surface area (Å²) in [6.07, 6.45) is 0. The Morgan fingerprint density at radius 1 is 1.19 bits per heavy atom. The molecule has 0 saturated heterocycles. The van der Waals surface area contributed by atoms with E-state index in [1.54, 1.807) is 11.9 Å². The normalized spacial score (nSPS) is 12.0. The highest BCUT2D eigenvalue weighted by Crippen LogP contribution is 2.22. The van der Waals surface area contributed by atoms with Crippen LogP contribution in [0.25, 0.3) is 0 Å². The highest BCUT2D eigenvalue weighted by atomic mass is 35.5. The van der Waals surface area contributed by atoms with Crippen LogP contribution in [0.3, 0.4) is 0 Å². The second-order valence-corrected chi connectivity index (χ2v) is 5.68. The Labute approximate surface area is 135 Å². The lowest BCUT2D eigenvalue weighted by Gasteiger charge is -2.25. The number of benzene rings is 2. The van der Waals surface area contributed by atoms with Crippen molar-refractivity contribution in [2.45, 2.75) is 18.8 Å². The summed E-state index contributed by atoms with van der Waals surface area (Å²) in [5.74, 6) is 0.377. The molecule has 0 radical (unpaired) electrons. The van der Waals surface area contributed by atoms with Crippen LogP contribution in [-0.2, 0) is 5.88 Å². The van der Waals surface area contributed by atoms with Gasteiger partial charge in [-0.05, 0) is 42.3 Å². The molecule has 1 atom stereocenters. The molecule has 2 rings (SSSR count). The molecule has 1 amide bonds. The fourth-order valence-electron chi connectivity index (χ4n) is 2.13. The van der Waals surface area contributed by atoms with E-state index in [-0.39, 0.29) is 11.9 Å². The van der Waals surface area contributed by atoms with Gasteiger partial charge in [-0.3, -0.25) is 4.79 Å². The zero-order valence-corrected chi connectivity index (χ0v) is 13.5. The molecule has 0 N–H and O–H groups in total. The van der Waals surface area contributed by atoms with E-state index in [4.69, 9.17) is 23.2 Å². The van der Waals surface area contributed by atoms with Crippen LogP contribution in [-0.4, -0.2) is 17.9 Å². The molecule has 1 unspecified atom stereocenters. The smallest absolute Gasteiger partial charge is 0.254 e. The maximum atomic E-state index is 12.6. The van der Waals surface area contributed by atoms with Gasteiger partial charge >= 0.3 is 0 Å². The van der Waals surface area contributed by atoms with E-state index >= 15 is 0 Å². The van der Waals surface area contributed by atoms with Crippen molar-refractivity contribution in [1.29, 1.82) is 0 Å². The summed E-state index contributed by atoms with van der Waals surface area (Å²) in [6.45, 7) is 1.99. The van der Waals surface area contributed by atoms with Crippen molar-refractivity contribution in [3.05, 3.63) is 70.2 Å². The first kappa shape index (κ1) is 15.9. The molecule has 0 spiro atoms. The Kier molecular flexibility index (Phi) is 5.27. The van der Waals surface area contributed by atoms with E-state index in [1.807, 2.05) is 55.5 Å². The van der Waals surface area contributed by atoms with Crippen molar-refractivity contribution >= 4 is 29.1 Å². The molecular formula is C17H17Cl2NO. The second-order valence-electron chi connectivity index (χ2n) is 4.98. The fourth-order valence-corrected chi connectivity index (χ4v) is 2.42. The van der Waals surface area contributed by atoms with Gasteiger partial charge in [-0.1, -0.05) is 35.9 Å². The van der Waals surface area contributed by atoms with Crippen LogP contribution in [0.5, 0.6) is 0 Å². The number of hydrogen-bond acceptors (Lipinski definition) is 1. The largest absolute Gasteiger partial charge is 0.335 e. The first-order valence-corrected chi connectivity index (χ1v) is 7.61. The molecule has 0 saturated carbocycles. The van der Waals surface area contributed by atoms with Gasteiger partial charge in [0.2, 0.25) is 0 Å². The monoisotopic (exact) mass is 321 g/mol. The molecule has 21 heavy (non-hydrogen) atoms. The van der Waals surface area contributed by atoms with Crippen LogP contribution >= 0.6 is 23.2 Å². The molecule has 110 valence electrons. The quantitative estimate of drug-likeness (QED) is 0.732. The molecule has 4 heteroatoms. The number of carbonyl (C=O) groups excluding carboxylic acids is 1. The lowest BCUT2D eigenvalue weighted by molar-refractivity contribution is 0.0742. The third-order valence-electron chi connectivity index (χ3n) is 3.58. The number of rotatable bonds is 4. The van der Waals surface area contributed by atoms with Crippen LogP contribution < -0.4 is 0 Å². The average molecular weight is 322 g/mol. The lowest BCUT2D eigenvalue weighted by Crippen LogP contribution is -2.29. The van der Waals surface area contributed by atoms with Gasteiger partial charge in [-0.15, -0.1) is 11.6 Å². The van der Waals surface area contributed by atoms with Crippen molar-refractivity contribution in [1.82, 2.24) is 4.90 Å². The van der Waals surface area contributed by atoms with Gasteiger partial charge in [0, 0.05) is 23.5 Å². The number of alkyl halides is 1. The third-order valence-corrected chi connectivity index (χ3v) is 4.14. The van der Waals surface area contributed by atoms with Gasteiger partial charge in [0.05, 0.1) is 6.04 Å². The Bertz CT molecular complexity index is 625. The first-order valence-electron chi connectivity index (χ1n) is 6.70. The van der Waals surface area contributed by atoms with E-state index in [0.29, 0.717) is 16.5 Å². The molecule has 0 aromatic heterocycles. The van der Waals surface area contributed by atoms with Crippen LogP contribution in [0.1, 0.15) is 34.5 Å². The van der Waals surface area contributed by atoms with Crippen molar-refractivity contribution < 1.29 is 4.79 Å². The standard InChI is InChI=1S/C17H17Cl2NO/c1-12(14-6-8-16(19)9-7-14)20(2)17(21)15-5-3-4-13(10-15)11-18/h3-10,12H,11H2,1-2H3. The Balaban J connectivity index is 2.19. The van der Waals surface area contributed by atoms with Crippen LogP contribution in [0.2, 0.25) is 5.02 Å². The minimum Gasteiger partial charge on any atom is -0.335 e. The maximum absolute atomic E-state index is 12.6. The molecule has 2 aromatic carbocycles. The number of halogens is 2. The second kappa shape index (κ2) is 6.97. The molecule has 0 fully saturated rings. The van der Waals surface area contributed by atoms with Crippen LogP contribution in [0, 0.1) is 0 Å². The van der Waals surface area contributed by atoms with Crippen molar-refractivity contribution in [2.24, 2.45) is 0 Å². The number of carbonyl (C=O) groups is 1. The molecular weight excluding hydrogens is 305 g/mol. The van der Waals surface area contributed by atoms with Crippen molar-refractivity contribution in [3.63, 3.8) is 0 Å². The van der Waals surface area contributed by atoms with Gasteiger partial charge in [-0.2, -0.15) is 0 Å². The average Bonchev–Trinajstić information content (AvgIpc) is 2.53. The van der Waals surface area contributed by atoms with Gasteiger partial charge < -0.3 is 4.90 Å². The SMILES string of the molecule is CC(c1ccc(Cl)cc1)N(C)C(=O)c1cccc(CCl)c1. The molecule has 0 aliphatic heterocycles. The Morgan fingerprint density at radius 3 is 2.48 bits per heavy atom. The first-order chi connectivity index (χ1) is 10.0. The van der Waals surface area contributed by atoms with Crippen molar-refractivity contribution in [3.8, 4) is 0 Å². The molecule has 0 heterocycles. The summed E-state index contributed by atoms with van der Waals surface area (Å²) in [7, 11) is 1.80. The van der Waals surface area contributed by atoms with E-state index in [0.717, 1.165) is 11.1 Å². The van der Waals surface area contributed by atoms with E-state index < -0.39 is 0 Å². The summed E-state index contributed by atoms with van der Waals surface area (Å²) in [6, 6.07) is 14.9. The lowest BCUT2D eigenvalue weighted by atomic mass is 10.1. The van der Waals surface area contributed by atoms with E-state index in [1.165, 1.54) is 0 Å². The molecule has 0 bridgehead atoms. The predicted octanol–water partition coefficient (Wildman–Crippen LogP) is 4.91. The van der Waals surface area contributed by atoms with Gasteiger partial charge in [0.1, 0.15) is 0 Å². The van der Waals surface area contributed by atoms with Gasteiger partial charge in [0.25, 0.3) is 5.91 Å². The molecule has 2 nitrogen and oxygen atoms in total. The number of amides is 1. The highest BCUT2D eigenvalue weighted by Gasteiger charge is 2.19. The zero-order chi connectivity index (χ0) is 15.4. The molecule has 0 aliphatic carbocycles. The van der Waals surface area contributed by atoms with Crippen LogP contribution in [0.15, 0.2) is 48.5 Å². The summed E-state index contributed by atoms with van der Waals surface area (Å²) in [4.78, 5) is 14.3. The zero-order valence-electron chi connectivity index (χ0n) is 12.0. The topological polar surface area (TPSA) is 20.3 Å². The third kappa shape index (κ3) is 3.78. The Morgan fingerprint density at radius 2 is 1.86 bits per heavy atom. The van der Waals surface area contributed by atoms with Crippen molar-refractivity contribution in [2.75, 3.05) is 7.05 Å². The van der Waals surface area contributed by atoms with Crippen LogP contribution in [0.4, 0.5) is 0 Å². The molecule has 2 aromatic rings. The number of nitrogens with zero attached hydrogens (tertiary/aromatic N) is 1. The van der Waals surface area contributed by atoms with E-state index in [2.05, 4.69) is 0 Å². The molecule has 0 aliphatic rings. The summed E-state index contributed by atoms with van der Waals surface area (Å²) < 4.78 is 0. The minimum atomic E-state index is -0.0329. The summed E-state index contributed by atoms with van der Waals surface area (Å²) in [5, 5.41) is 0.690. The fraction of sp³-hybridized carbons (Fsp3) is 0.235. The Hall–Kier alpha value is -1.51. The van der Waals surface area contributed by atoms with Gasteiger partial charge in [-0.25, -0.2) is 0 Å². The minimum absolute atomic E-state index is 0.0237. The van der Waals surface area contributed by atoms with E-state index in [9.17, 15) is 4.79 Å². The highest BCUT2D eigenvalue weighted by molar-refractivity contribution is 6.30. The maximum Gasteiger partial charge on any atom is 0.254 e. The predicted molar refractivity (Wildman–Crippen MR) is 88.0 cm³/mol. The number of hydrogen-bond donors (Lipinski definition) is 0. The summed E-state index contributed by atoms with van der Waals surface area (Å²) in [5.41, 5.74) is 2.63.